The van der Waals surface area contributed by atoms with Gasteiger partial charge in [0.1, 0.15) is 23.4 Å². The molecule has 2 aliphatic heterocycles. The van der Waals surface area contributed by atoms with Gasteiger partial charge in [-0.3, -0.25) is 4.79 Å². The lowest BCUT2D eigenvalue weighted by Crippen LogP contribution is -2.54. The molecule has 0 bridgehead atoms. The normalized spacial score (nSPS) is 27.0. The number of carbonyl (C=O) groups excluding carboxylic acids is 2. The lowest BCUT2D eigenvalue weighted by atomic mass is 10.1. The van der Waals surface area contributed by atoms with Gasteiger partial charge in [-0.1, -0.05) is 12.2 Å². The van der Waals surface area contributed by atoms with Gasteiger partial charge in [0.2, 0.25) is 11.8 Å². The summed E-state index contributed by atoms with van der Waals surface area (Å²) < 4.78 is 13.5. The summed E-state index contributed by atoms with van der Waals surface area (Å²) in [5.74, 6) is -0.288. The Hall–Kier alpha value is -4.61. The highest BCUT2D eigenvalue weighted by molar-refractivity contribution is 5.95. The van der Waals surface area contributed by atoms with E-state index in [2.05, 4.69) is 10.4 Å². The molecule has 12 heteroatoms. The van der Waals surface area contributed by atoms with E-state index in [0.717, 1.165) is 30.0 Å². The molecule has 4 atom stereocenters. The first-order valence-electron chi connectivity index (χ1n) is 14.2. The van der Waals surface area contributed by atoms with E-state index in [1.807, 2.05) is 36.4 Å². The highest BCUT2D eigenvalue weighted by Gasteiger charge is 2.61. The zero-order valence-electron chi connectivity index (χ0n) is 23.6. The van der Waals surface area contributed by atoms with Crippen LogP contribution in [0.3, 0.4) is 0 Å². The van der Waals surface area contributed by atoms with Gasteiger partial charge in [0.15, 0.2) is 5.82 Å². The number of hydrogen-bond donors (Lipinski definition) is 2. The number of rotatable bonds is 5. The molecule has 1 aromatic carbocycles. The molecule has 12 nitrogen and oxygen atoms in total. The van der Waals surface area contributed by atoms with Crippen molar-refractivity contribution in [1.29, 1.82) is 0 Å². The van der Waals surface area contributed by atoms with E-state index in [-0.39, 0.29) is 24.9 Å². The molecule has 42 heavy (non-hydrogen) atoms. The van der Waals surface area contributed by atoms with E-state index in [0.29, 0.717) is 30.4 Å². The van der Waals surface area contributed by atoms with Gasteiger partial charge in [-0.15, -0.1) is 0 Å². The van der Waals surface area contributed by atoms with Crippen molar-refractivity contribution < 1.29 is 29.0 Å². The summed E-state index contributed by atoms with van der Waals surface area (Å²) in [5.41, 5.74) is -1.35. The van der Waals surface area contributed by atoms with E-state index >= 15 is 0 Å². The molecular formula is C30H34N6O6. The molecule has 2 aromatic heterocycles. The maximum Gasteiger partial charge on any atom is 0.330 e. The average molecular weight is 575 g/mol. The van der Waals surface area contributed by atoms with Gasteiger partial charge < -0.3 is 29.7 Å². The Balaban J connectivity index is 1.32. The van der Waals surface area contributed by atoms with E-state index in [4.69, 9.17) is 14.5 Å². The molecule has 1 aliphatic carbocycles. The number of carboxylic acid groups (broad SMARTS) is 1. The smallest absolute Gasteiger partial charge is 0.330 e. The van der Waals surface area contributed by atoms with E-state index in [9.17, 15) is 19.5 Å². The zero-order valence-corrected chi connectivity index (χ0v) is 23.6. The van der Waals surface area contributed by atoms with Crippen LogP contribution in [0.1, 0.15) is 32.1 Å². The zero-order chi connectivity index (χ0) is 29.4. The molecule has 6 rings (SSSR count). The minimum atomic E-state index is -1.35. The van der Waals surface area contributed by atoms with Gasteiger partial charge in [0.25, 0.3) is 0 Å². The monoisotopic (exact) mass is 574 g/mol. The fourth-order valence-electron chi connectivity index (χ4n) is 5.88. The second kappa shape index (κ2) is 11.0. The summed E-state index contributed by atoms with van der Waals surface area (Å²) in [6, 6.07) is 8.05. The third-order valence-electron chi connectivity index (χ3n) is 8.37. The second-order valence-corrected chi connectivity index (χ2v) is 11.2. The summed E-state index contributed by atoms with van der Waals surface area (Å²) in [5, 5.41) is 18.6. The number of nitrogens with zero attached hydrogens (tertiary/aromatic N) is 5. The number of fused-ring (bicyclic) bond motifs is 3. The number of carboxylic acids is 1. The molecule has 2 N–H and O–H groups in total. The van der Waals surface area contributed by atoms with E-state index in [1.54, 1.807) is 42.2 Å². The molecule has 0 radical (unpaired) electrons. The van der Waals surface area contributed by atoms with Gasteiger partial charge in [0.05, 0.1) is 13.7 Å². The summed E-state index contributed by atoms with van der Waals surface area (Å²) in [7, 11) is 3.32. The number of pyridine rings is 1. The number of carbonyl (C=O) groups is 3. The van der Waals surface area contributed by atoms with Crippen LogP contribution < -0.4 is 14.8 Å². The van der Waals surface area contributed by atoms with Crippen LogP contribution in [0.2, 0.25) is 0 Å². The van der Waals surface area contributed by atoms with E-state index in [1.165, 1.54) is 4.90 Å². The van der Waals surface area contributed by atoms with Gasteiger partial charge >= 0.3 is 12.0 Å². The van der Waals surface area contributed by atoms with Crippen LogP contribution in [0.4, 0.5) is 4.79 Å². The van der Waals surface area contributed by atoms with Crippen LogP contribution in [0.15, 0.2) is 54.9 Å². The topological polar surface area (TPSA) is 139 Å². The first-order valence-corrected chi connectivity index (χ1v) is 14.2. The SMILES string of the molecule is COc1ccc2c(OC3CC4C(=O)NC5(C(=O)O)CC5/C=C/CCCCN(C)C(=O)N4C3)nc(-n3cccn3)cc2c1. The van der Waals surface area contributed by atoms with Crippen LogP contribution in [-0.4, -0.2) is 92.5 Å². The molecule has 4 heterocycles. The number of aromatic nitrogens is 3. The number of amides is 3. The third kappa shape index (κ3) is 5.12. The molecule has 1 saturated heterocycles. The number of methoxy groups -OCH3 is 1. The summed E-state index contributed by atoms with van der Waals surface area (Å²) in [6.45, 7) is 0.696. The van der Waals surface area contributed by atoms with Crippen molar-refractivity contribution in [3.05, 3.63) is 54.9 Å². The summed E-state index contributed by atoms with van der Waals surface area (Å²) in [4.78, 5) is 47.3. The van der Waals surface area contributed by atoms with Gasteiger partial charge in [-0.05, 0) is 61.4 Å². The molecule has 4 unspecified atom stereocenters. The molecule has 1 saturated carbocycles. The Labute approximate surface area is 242 Å². The number of ether oxygens (including phenoxy) is 2. The third-order valence-corrected chi connectivity index (χ3v) is 8.37. The summed E-state index contributed by atoms with van der Waals surface area (Å²) in [6.07, 6.45) is 9.71. The number of allylic oxidation sites excluding steroid dienone is 1. The largest absolute Gasteiger partial charge is 0.497 e. The van der Waals surface area contributed by atoms with Gasteiger partial charge in [0, 0.05) is 43.7 Å². The molecule has 3 aliphatic rings. The number of aliphatic carboxylic acids is 1. The quantitative estimate of drug-likeness (QED) is 0.444. The Kier molecular flexibility index (Phi) is 7.21. The summed E-state index contributed by atoms with van der Waals surface area (Å²) >= 11 is 0. The highest BCUT2D eigenvalue weighted by Crippen LogP contribution is 2.45. The fourth-order valence-corrected chi connectivity index (χ4v) is 5.88. The van der Waals surface area contributed by atoms with Crippen molar-refractivity contribution in [3.63, 3.8) is 0 Å². The van der Waals surface area contributed by atoms with Crippen LogP contribution in [0.25, 0.3) is 16.6 Å². The van der Waals surface area contributed by atoms with Crippen LogP contribution in [0.5, 0.6) is 11.6 Å². The minimum absolute atomic E-state index is 0.149. The maximum absolute atomic E-state index is 13.6. The molecule has 3 amide bonds. The Morgan fingerprint density at radius 1 is 1.21 bits per heavy atom. The van der Waals surface area contributed by atoms with E-state index < -0.39 is 29.6 Å². The predicted octanol–water partition coefficient (Wildman–Crippen LogP) is 3.00. The first-order chi connectivity index (χ1) is 20.3. The number of benzene rings is 1. The molecule has 2 fully saturated rings. The van der Waals surface area contributed by atoms with Crippen molar-refractivity contribution in [2.24, 2.45) is 5.92 Å². The van der Waals surface area contributed by atoms with Gasteiger partial charge in [-0.2, -0.15) is 10.1 Å². The molecule has 3 aromatic rings. The van der Waals surface area contributed by atoms with Crippen molar-refractivity contribution in [2.45, 2.75) is 49.8 Å². The second-order valence-electron chi connectivity index (χ2n) is 11.2. The fraction of sp³-hybridized carbons (Fsp3) is 0.433. The standard InChI is InChI=1S/C30H34N6O6/c1-34-12-6-4-3-5-8-20-17-30(20,28(38)39)33-26(37)24-16-22(18-35(24)29(34)40)42-27-23-10-9-21(41-2)14-19(23)15-25(32-27)36-13-7-11-31-36/h5,7-11,13-15,20,22,24H,3-4,6,12,16-18H2,1-2H3,(H,33,37)(H,38,39)/b8-5+. The molecule has 0 spiro atoms. The van der Waals surface area contributed by atoms with Crippen molar-refractivity contribution in [3.8, 4) is 17.4 Å². The Morgan fingerprint density at radius 2 is 2.07 bits per heavy atom. The first kappa shape index (κ1) is 27.6. The number of urea groups is 1. The maximum atomic E-state index is 13.6. The van der Waals surface area contributed by atoms with Crippen molar-refractivity contribution >= 4 is 28.7 Å². The van der Waals surface area contributed by atoms with Gasteiger partial charge in [-0.25, -0.2) is 14.3 Å². The van der Waals surface area contributed by atoms with Crippen LogP contribution in [-0.2, 0) is 9.59 Å². The predicted molar refractivity (Wildman–Crippen MR) is 153 cm³/mol. The van der Waals surface area contributed by atoms with Crippen molar-refractivity contribution in [2.75, 3.05) is 27.2 Å². The lowest BCUT2D eigenvalue weighted by Gasteiger charge is -2.29. The Morgan fingerprint density at radius 3 is 2.83 bits per heavy atom. The van der Waals surface area contributed by atoms with Crippen molar-refractivity contribution in [1.82, 2.24) is 29.9 Å². The average Bonchev–Trinajstić information content (AvgIpc) is 3.31. The molecular weight excluding hydrogens is 540 g/mol. The number of hydrogen-bond acceptors (Lipinski definition) is 7. The molecule has 220 valence electrons. The highest BCUT2D eigenvalue weighted by atomic mass is 16.5. The lowest BCUT2D eigenvalue weighted by molar-refractivity contribution is -0.144. The number of nitrogens with one attached hydrogen (secondary N) is 1. The van der Waals surface area contributed by atoms with Crippen LogP contribution >= 0.6 is 0 Å². The van der Waals surface area contributed by atoms with Crippen LogP contribution in [0, 0.1) is 5.92 Å². The Bertz CT molecular complexity index is 1540. The minimum Gasteiger partial charge on any atom is -0.497 e.